The number of nitrogens with zero attached hydrogens (tertiary/aromatic N) is 1. The van der Waals surface area contributed by atoms with Crippen molar-refractivity contribution in [2.24, 2.45) is 11.7 Å². The van der Waals surface area contributed by atoms with Gasteiger partial charge in [-0.1, -0.05) is 6.42 Å². The summed E-state index contributed by atoms with van der Waals surface area (Å²) in [6.45, 7) is 0.123. The minimum atomic E-state index is -1.07. The first-order valence-electron chi connectivity index (χ1n) is 8.23. The summed E-state index contributed by atoms with van der Waals surface area (Å²) in [5, 5.41) is 5.00. The lowest BCUT2D eigenvalue weighted by Crippen LogP contribution is -2.51. The first kappa shape index (κ1) is 16.5. The molecule has 1 aromatic carbocycles. The van der Waals surface area contributed by atoms with Crippen LogP contribution in [0.4, 0.5) is 13.6 Å². The van der Waals surface area contributed by atoms with Crippen LogP contribution >= 0.6 is 0 Å². The van der Waals surface area contributed by atoms with Gasteiger partial charge in [-0.2, -0.15) is 0 Å². The van der Waals surface area contributed by atoms with E-state index in [2.05, 4.69) is 10.6 Å². The molecule has 136 valence electrons. The molecule has 7 nitrogen and oxygen atoms in total. The molecule has 2 fully saturated rings. The van der Waals surface area contributed by atoms with Gasteiger partial charge in [0.1, 0.15) is 22.9 Å². The molecule has 1 saturated carbocycles. The van der Waals surface area contributed by atoms with Gasteiger partial charge in [0.15, 0.2) is 0 Å². The predicted octanol–water partition coefficient (Wildman–Crippen LogP) is 1.40. The maximum absolute atomic E-state index is 14.1. The van der Waals surface area contributed by atoms with E-state index in [1.54, 1.807) is 0 Å². The van der Waals surface area contributed by atoms with Crippen molar-refractivity contribution in [3.05, 3.63) is 35.5 Å². The molecule has 4 amide bonds. The zero-order valence-electron chi connectivity index (χ0n) is 13.6. The van der Waals surface area contributed by atoms with E-state index < -0.39 is 35.0 Å². The molecule has 4 N–H and O–H groups in total. The summed E-state index contributed by atoms with van der Waals surface area (Å²) in [6.07, 6.45) is 1.78. The Morgan fingerprint density at radius 1 is 1.31 bits per heavy atom. The summed E-state index contributed by atoms with van der Waals surface area (Å²) in [5.41, 5.74) is 4.54. The zero-order chi connectivity index (χ0) is 18.6. The Balaban J connectivity index is 1.82. The van der Waals surface area contributed by atoms with E-state index in [0.717, 1.165) is 12.1 Å². The largest absolute Gasteiger partial charge is 0.364 e. The highest BCUT2D eigenvalue weighted by Gasteiger charge is 2.54. The van der Waals surface area contributed by atoms with Crippen LogP contribution < -0.4 is 16.4 Å². The minimum absolute atomic E-state index is 0.0243. The van der Waals surface area contributed by atoms with Gasteiger partial charge in [-0.05, 0) is 25.0 Å². The monoisotopic (exact) mass is 362 g/mol. The summed E-state index contributed by atoms with van der Waals surface area (Å²) >= 11 is 0. The Bertz CT molecular complexity index is 971. The van der Waals surface area contributed by atoms with E-state index >= 15 is 0 Å². The lowest BCUT2D eigenvalue weighted by atomic mass is 9.87. The molecule has 26 heavy (non-hydrogen) atoms. The molecule has 2 heterocycles. The average Bonchev–Trinajstić information content (AvgIpc) is 3.19. The topological polar surface area (TPSA) is 106 Å². The van der Waals surface area contributed by atoms with Crippen LogP contribution in [0.25, 0.3) is 10.9 Å². The third-order valence-electron chi connectivity index (χ3n) is 5.38. The number of urea groups is 1. The van der Waals surface area contributed by atoms with Crippen molar-refractivity contribution in [1.82, 2.24) is 15.2 Å². The maximum atomic E-state index is 14.1. The van der Waals surface area contributed by atoms with Crippen molar-refractivity contribution in [3.8, 4) is 0 Å². The van der Waals surface area contributed by atoms with Gasteiger partial charge in [0.05, 0.1) is 5.52 Å². The summed E-state index contributed by atoms with van der Waals surface area (Å²) < 4.78 is 29.2. The highest BCUT2D eigenvalue weighted by molar-refractivity contribution is 6.07. The fraction of sp³-hybridized carbons (Fsp3) is 0.353. The lowest BCUT2D eigenvalue weighted by Gasteiger charge is -2.29. The Morgan fingerprint density at radius 3 is 2.73 bits per heavy atom. The van der Waals surface area contributed by atoms with E-state index in [1.807, 2.05) is 0 Å². The van der Waals surface area contributed by atoms with Crippen molar-refractivity contribution in [1.29, 1.82) is 0 Å². The normalized spacial score (nSPS) is 25.1. The van der Waals surface area contributed by atoms with Gasteiger partial charge >= 0.3 is 6.03 Å². The number of carbonyl (C=O) groups excluding carboxylic acids is 3. The Morgan fingerprint density at radius 2 is 2.08 bits per heavy atom. The standard InChI is InChI=1S/C17H16F2N4O3/c18-9-4-11(19)10-6-13(14(20)24)23(12(10)5-9)7-8-2-1-3-17(8)15(25)21-16(26)22-17/h4-6,8H,1-3,7H2,(H2,20,24)(H2,21,22,25,26). The van der Waals surface area contributed by atoms with E-state index in [9.17, 15) is 23.2 Å². The molecule has 0 bridgehead atoms. The smallest absolute Gasteiger partial charge is 0.322 e. The Kier molecular flexibility index (Phi) is 3.50. The maximum Gasteiger partial charge on any atom is 0.322 e. The second-order valence-electron chi connectivity index (χ2n) is 6.79. The molecule has 4 rings (SSSR count). The number of hydrogen-bond donors (Lipinski definition) is 3. The van der Waals surface area contributed by atoms with E-state index in [4.69, 9.17) is 5.73 Å². The first-order chi connectivity index (χ1) is 12.3. The molecule has 1 saturated heterocycles. The van der Waals surface area contributed by atoms with Crippen LogP contribution in [0.3, 0.4) is 0 Å². The molecule has 1 aliphatic carbocycles. The SMILES string of the molecule is NC(=O)c1cc2c(F)cc(F)cc2n1CC1CCCC12NC(=O)NC2=O. The Labute approximate surface area is 146 Å². The molecule has 2 aromatic rings. The number of rotatable bonds is 3. The van der Waals surface area contributed by atoms with Crippen molar-refractivity contribution < 1.29 is 23.2 Å². The number of nitrogens with two attached hydrogens (primary N) is 1. The van der Waals surface area contributed by atoms with Gasteiger partial charge < -0.3 is 15.6 Å². The first-order valence-corrected chi connectivity index (χ1v) is 8.23. The second-order valence-corrected chi connectivity index (χ2v) is 6.79. The molecule has 2 aliphatic rings. The third kappa shape index (κ3) is 2.27. The number of halogens is 2. The van der Waals surface area contributed by atoms with Gasteiger partial charge in [-0.3, -0.25) is 14.9 Å². The second kappa shape index (κ2) is 5.52. The number of benzene rings is 1. The van der Waals surface area contributed by atoms with E-state index in [0.29, 0.717) is 19.3 Å². The average molecular weight is 362 g/mol. The molecule has 0 radical (unpaired) electrons. The fourth-order valence-electron chi connectivity index (χ4n) is 4.20. The summed E-state index contributed by atoms with van der Waals surface area (Å²) in [6, 6.07) is 2.58. The molecule has 2 unspecified atom stereocenters. The number of primary amides is 1. The van der Waals surface area contributed by atoms with Gasteiger partial charge in [0.25, 0.3) is 11.8 Å². The highest BCUT2D eigenvalue weighted by Crippen LogP contribution is 2.40. The zero-order valence-corrected chi connectivity index (χ0v) is 13.6. The number of fused-ring (bicyclic) bond motifs is 1. The number of hydrogen-bond acceptors (Lipinski definition) is 3. The lowest BCUT2D eigenvalue weighted by molar-refractivity contribution is -0.125. The molecule has 1 spiro atoms. The van der Waals surface area contributed by atoms with Gasteiger partial charge in [-0.25, -0.2) is 13.6 Å². The molecule has 1 aromatic heterocycles. The van der Waals surface area contributed by atoms with Crippen LogP contribution in [-0.2, 0) is 11.3 Å². The Hall–Kier alpha value is -2.97. The van der Waals surface area contributed by atoms with Crippen molar-refractivity contribution in [2.75, 3.05) is 0 Å². The summed E-state index contributed by atoms with van der Waals surface area (Å²) in [7, 11) is 0. The van der Waals surface area contributed by atoms with Crippen molar-refractivity contribution in [2.45, 2.75) is 31.3 Å². The minimum Gasteiger partial charge on any atom is -0.364 e. The van der Waals surface area contributed by atoms with Crippen molar-refractivity contribution in [3.63, 3.8) is 0 Å². The summed E-state index contributed by atoms with van der Waals surface area (Å²) in [5.74, 6) is -3.12. The molecule has 2 atom stereocenters. The van der Waals surface area contributed by atoms with Gasteiger partial charge in [0, 0.05) is 23.9 Å². The van der Waals surface area contributed by atoms with Crippen LogP contribution in [0.15, 0.2) is 18.2 Å². The number of amides is 4. The van der Waals surface area contributed by atoms with Crippen LogP contribution in [-0.4, -0.2) is 28.0 Å². The molecule has 1 aliphatic heterocycles. The van der Waals surface area contributed by atoms with Gasteiger partial charge in [0.2, 0.25) is 0 Å². The highest BCUT2D eigenvalue weighted by atomic mass is 19.1. The van der Waals surface area contributed by atoms with E-state index in [-0.39, 0.29) is 29.1 Å². The quantitative estimate of drug-likeness (QED) is 0.719. The van der Waals surface area contributed by atoms with Crippen molar-refractivity contribution >= 4 is 28.7 Å². The number of nitrogens with one attached hydrogen (secondary N) is 2. The fourth-order valence-corrected chi connectivity index (χ4v) is 4.20. The third-order valence-corrected chi connectivity index (χ3v) is 5.38. The number of aromatic nitrogens is 1. The number of imide groups is 1. The van der Waals surface area contributed by atoms with Crippen LogP contribution in [0.5, 0.6) is 0 Å². The molecular weight excluding hydrogens is 346 g/mol. The van der Waals surface area contributed by atoms with Crippen LogP contribution in [0, 0.1) is 17.6 Å². The molecule has 9 heteroatoms. The van der Waals surface area contributed by atoms with Crippen LogP contribution in [0.2, 0.25) is 0 Å². The summed E-state index contributed by atoms with van der Waals surface area (Å²) in [4.78, 5) is 35.8. The van der Waals surface area contributed by atoms with Gasteiger partial charge in [-0.15, -0.1) is 0 Å². The number of carbonyl (C=O) groups is 3. The van der Waals surface area contributed by atoms with Crippen LogP contribution in [0.1, 0.15) is 29.8 Å². The predicted molar refractivity (Wildman–Crippen MR) is 87.1 cm³/mol. The van der Waals surface area contributed by atoms with E-state index in [1.165, 1.54) is 10.6 Å². The molecular formula is C17H16F2N4O3.